The molecule has 0 saturated heterocycles. The van der Waals surface area contributed by atoms with Crippen LogP contribution in [0, 0.1) is 20.8 Å². The Hall–Kier alpha value is -1.51. The summed E-state index contributed by atoms with van der Waals surface area (Å²) in [5.74, 6) is 0.675. The normalized spacial score (nSPS) is 12.3. The van der Waals surface area contributed by atoms with Crippen LogP contribution in [0.2, 0.25) is 5.02 Å². The maximum absolute atomic E-state index is 9.83. The van der Waals surface area contributed by atoms with Crippen molar-refractivity contribution in [2.24, 2.45) is 0 Å². The molecule has 0 fully saturated rings. The van der Waals surface area contributed by atoms with Crippen molar-refractivity contribution >= 4 is 11.6 Å². The number of hydrogen-bond donors (Lipinski definition) is 1. The molecular weight excluding hydrogens is 284 g/mol. The zero-order valence-corrected chi connectivity index (χ0v) is 13.7. The van der Waals surface area contributed by atoms with E-state index in [0.29, 0.717) is 22.9 Å². The van der Waals surface area contributed by atoms with Crippen molar-refractivity contribution < 1.29 is 9.84 Å². The monoisotopic (exact) mass is 304 g/mol. The Labute approximate surface area is 131 Å². The Morgan fingerprint density at radius 3 is 2.29 bits per heavy atom. The van der Waals surface area contributed by atoms with Gasteiger partial charge in [0.15, 0.2) is 0 Å². The molecule has 21 heavy (non-hydrogen) atoms. The molecule has 0 amide bonds. The van der Waals surface area contributed by atoms with Gasteiger partial charge < -0.3 is 9.84 Å². The van der Waals surface area contributed by atoms with Crippen LogP contribution in [-0.2, 0) is 6.61 Å². The first-order valence-corrected chi connectivity index (χ1v) is 7.43. The molecule has 0 aromatic heterocycles. The third kappa shape index (κ3) is 3.78. The van der Waals surface area contributed by atoms with Crippen LogP contribution in [0.4, 0.5) is 0 Å². The summed E-state index contributed by atoms with van der Waals surface area (Å²) in [7, 11) is 0. The third-order valence-corrected chi connectivity index (χ3v) is 3.87. The molecule has 1 unspecified atom stereocenters. The first kappa shape index (κ1) is 15.9. The number of hydrogen-bond acceptors (Lipinski definition) is 2. The predicted octanol–water partition coefficient (Wildman–Crippen LogP) is 4.90. The molecule has 0 heterocycles. The fourth-order valence-corrected chi connectivity index (χ4v) is 2.75. The largest absolute Gasteiger partial charge is 0.489 e. The Bertz CT molecular complexity index is 625. The fourth-order valence-electron chi connectivity index (χ4n) is 2.56. The second kappa shape index (κ2) is 6.50. The molecule has 1 atom stereocenters. The van der Waals surface area contributed by atoms with Gasteiger partial charge in [0, 0.05) is 10.6 Å². The van der Waals surface area contributed by atoms with Gasteiger partial charge in [-0.05, 0) is 62.6 Å². The maximum atomic E-state index is 9.83. The van der Waals surface area contributed by atoms with E-state index in [1.54, 1.807) is 19.1 Å². The van der Waals surface area contributed by atoms with Crippen molar-refractivity contribution in [1.82, 2.24) is 0 Å². The topological polar surface area (TPSA) is 29.5 Å². The number of aryl methyl sites for hydroxylation is 3. The van der Waals surface area contributed by atoms with E-state index in [9.17, 15) is 5.11 Å². The highest BCUT2D eigenvalue weighted by atomic mass is 35.5. The van der Waals surface area contributed by atoms with Crippen molar-refractivity contribution in [3.8, 4) is 5.75 Å². The van der Waals surface area contributed by atoms with Crippen LogP contribution >= 0.6 is 11.6 Å². The Kier molecular flexibility index (Phi) is 4.92. The SMILES string of the molecule is Cc1cc(C)c(COc2ccc(Cl)cc2C(C)O)c(C)c1. The highest BCUT2D eigenvalue weighted by Crippen LogP contribution is 2.29. The lowest BCUT2D eigenvalue weighted by atomic mass is 10.0. The van der Waals surface area contributed by atoms with Gasteiger partial charge in [0.1, 0.15) is 12.4 Å². The van der Waals surface area contributed by atoms with E-state index in [-0.39, 0.29) is 0 Å². The van der Waals surface area contributed by atoms with Crippen molar-refractivity contribution in [3.05, 3.63) is 63.2 Å². The first-order chi connectivity index (χ1) is 9.88. The van der Waals surface area contributed by atoms with Gasteiger partial charge in [-0.2, -0.15) is 0 Å². The van der Waals surface area contributed by atoms with E-state index in [1.807, 2.05) is 6.07 Å². The molecule has 112 valence electrons. The van der Waals surface area contributed by atoms with Gasteiger partial charge in [-0.25, -0.2) is 0 Å². The van der Waals surface area contributed by atoms with E-state index in [4.69, 9.17) is 16.3 Å². The molecule has 3 heteroatoms. The zero-order valence-electron chi connectivity index (χ0n) is 12.9. The van der Waals surface area contributed by atoms with Crippen LogP contribution in [-0.4, -0.2) is 5.11 Å². The lowest BCUT2D eigenvalue weighted by Gasteiger charge is -2.16. The van der Waals surface area contributed by atoms with Gasteiger partial charge in [-0.15, -0.1) is 0 Å². The molecule has 0 saturated carbocycles. The highest BCUT2D eigenvalue weighted by Gasteiger charge is 2.11. The lowest BCUT2D eigenvalue weighted by Crippen LogP contribution is -2.04. The first-order valence-electron chi connectivity index (χ1n) is 7.05. The summed E-state index contributed by atoms with van der Waals surface area (Å²) in [6.45, 7) is 8.47. The van der Waals surface area contributed by atoms with Crippen LogP contribution in [0.15, 0.2) is 30.3 Å². The molecule has 2 aromatic carbocycles. The molecule has 0 aliphatic rings. The van der Waals surface area contributed by atoms with Gasteiger partial charge in [-0.1, -0.05) is 29.3 Å². The summed E-state index contributed by atoms with van der Waals surface area (Å²) in [6, 6.07) is 9.64. The lowest BCUT2D eigenvalue weighted by molar-refractivity contribution is 0.190. The maximum Gasteiger partial charge on any atom is 0.125 e. The fraction of sp³-hybridized carbons (Fsp3) is 0.333. The standard InChI is InChI=1S/C18H21ClO2/c1-11-7-12(2)17(13(3)8-11)10-21-18-6-5-15(19)9-16(18)14(4)20/h5-9,14,20H,10H2,1-4H3. The molecule has 2 nitrogen and oxygen atoms in total. The molecule has 0 aliphatic carbocycles. The molecular formula is C18H21ClO2. The number of ether oxygens (including phenoxy) is 1. The van der Waals surface area contributed by atoms with E-state index in [2.05, 4.69) is 32.9 Å². The van der Waals surface area contributed by atoms with Crippen molar-refractivity contribution in [1.29, 1.82) is 0 Å². The smallest absolute Gasteiger partial charge is 0.125 e. The third-order valence-electron chi connectivity index (χ3n) is 3.63. The summed E-state index contributed by atoms with van der Waals surface area (Å²) in [5, 5.41) is 10.4. The predicted molar refractivity (Wildman–Crippen MR) is 87.1 cm³/mol. The van der Waals surface area contributed by atoms with Crippen LogP contribution < -0.4 is 4.74 Å². The average Bonchev–Trinajstić information content (AvgIpc) is 2.38. The molecule has 0 radical (unpaired) electrons. The second-order valence-corrected chi connectivity index (χ2v) is 5.96. The number of rotatable bonds is 4. The number of halogens is 1. The number of benzene rings is 2. The highest BCUT2D eigenvalue weighted by molar-refractivity contribution is 6.30. The molecule has 2 rings (SSSR count). The van der Waals surface area contributed by atoms with Crippen molar-refractivity contribution in [3.63, 3.8) is 0 Å². The Morgan fingerprint density at radius 2 is 1.71 bits per heavy atom. The number of aliphatic hydroxyl groups excluding tert-OH is 1. The van der Waals surface area contributed by atoms with Crippen LogP contribution in [0.1, 0.15) is 40.8 Å². The van der Waals surface area contributed by atoms with Crippen LogP contribution in [0.25, 0.3) is 0 Å². The second-order valence-electron chi connectivity index (χ2n) is 5.52. The molecule has 0 spiro atoms. The summed E-state index contributed by atoms with van der Waals surface area (Å²) in [5.41, 5.74) is 5.60. The van der Waals surface area contributed by atoms with Crippen LogP contribution in [0.3, 0.4) is 0 Å². The summed E-state index contributed by atoms with van der Waals surface area (Å²) in [6.07, 6.45) is -0.612. The van der Waals surface area contributed by atoms with Crippen molar-refractivity contribution in [2.75, 3.05) is 0 Å². The molecule has 0 aliphatic heterocycles. The van der Waals surface area contributed by atoms with E-state index >= 15 is 0 Å². The summed E-state index contributed by atoms with van der Waals surface area (Å²) < 4.78 is 5.92. The Morgan fingerprint density at radius 1 is 1.10 bits per heavy atom. The van der Waals surface area contributed by atoms with Gasteiger partial charge in [0.25, 0.3) is 0 Å². The summed E-state index contributed by atoms with van der Waals surface area (Å²) >= 11 is 5.98. The summed E-state index contributed by atoms with van der Waals surface area (Å²) in [4.78, 5) is 0. The van der Waals surface area contributed by atoms with Gasteiger partial charge in [-0.3, -0.25) is 0 Å². The minimum atomic E-state index is -0.612. The van der Waals surface area contributed by atoms with Crippen LogP contribution in [0.5, 0.6) is 5.75 Å². The minimum absolute atomic E-state index is 0.485. The van der Waals surface area contributed by atoms with Crippen molar-refractivity contribution in [2.45, 2.75) is 40.4 Å². The minimum Gasteiger partial charge on any atom is -0.489 e. The van der Waals surface area contributed by atoms with Gasteiger partial charge in [0.2, 0.25) is 0 Å². The number of aliphatic hydroxyl groups is 1. The van der Waals surface area contributed by atoms with Gasteiger partial charge in [0.05, 0.1) is 6.10 Å². The molecule has 1 N–H and O–H groups in total. The average molecular weight is 305 g/mol. The quantitative estimate of drug-likeness (QED) is 0.870. The zero-order chi connectivity index (χ0) is 15.6. The van der Waals surface area contributed by atoms with E-state index < -0.39 is 6.10 Å². The van der Waals surface area contributed by atoms with Gasteiger partial charge >= 0.3 is 0 Å². The van der Waals surface area contributed by atoms with E-state index in [0.717, 1.165) is 0 Å². The van der Waals surface area contributed by atoms with E-state index in [1.165, 1.54) is 22.3 Å². The Balaban J connectivity index is 2.25. The molecule has 2 aromatic rings. The molecule has 0 bridgehead atoms.